The van der Waals surface area contributed by atoms with Gasteiger partial charge in [-0.05, 0) is 70.3 Å². The molecule has 0 N–H and O–H groups in total. The van der Waals surface area contributed by atoms with Gasteiger partial charge >= 0.3 is 0 Å². The first-order chi connectivity index (χ1) is 27.1. The molecule has 0 saturated carbocycles. The molecule has 0 aliphatic heterocycles. The number of nitriles is 2. The van der Waals surface area contributed by atoms with Gasteiger partial charge in [0.15, 0.2) is 29.1 Å². The van der Waals surface area contributed by atoms with Crippen LogP contribution in [0.1, 0.15) is 70.1 Å². The number of hydrogen-bond donors (Lipinski definition) is 0. The minimum atomic E-state index is -1.20. The molecule has 4 aliphatic carbocycles. The molecule has 274 valence electrons. The van der Waals surface area contributed by atoms with Crippen LogP contribution in [0, 0.1) is 64.5 Å². The Bertz CT molecular complexity index is 3230. The Morgan fingerprint density at radius 1 is 0.789 bits per heavy atom. The van der Waals surface area contributed by atoms with Gasteiger partial charge in [-0.25, -0.2) is 37.8 Å². The van der Waals surface area contributed by atoms with Gasteiger partial charge in [-0.1, -0.05) is 39.9 Å². The number of carbonyl (C=O) groups excluding carboxylic acids is 1. The van der Waals surface area contributed by atoms with E-state index in [4.69, 9.17) is 30.4 Å². The number of benzene rings is 2. The highest BCUT2D eigenvalue weighted by atomic mass is 32.1. The van der Waals surface area contributed by atoms with E-state index < -0.39 is 45.6 Å². The molecule has 14 heteroatoms. The molecule has 0 bridgehead atoms. The summed E-state index contributed by atoms with van der Waals surface area (Å²) in [7, 11) is 0. The zero-order valence-corrected chi connectivity index (χ0v) is 33.1. The highest BCUT2D eigenvalue weighted by Crippen LogP contribution is 2.65. The van der Waals surface area contributed by atoms with Gasteiger partial charge in [-0.3, -0.25) is 9.79 Å². The van der Waals surface area contributed by atoms with Crippen molar-refractivity contribution in [2.24, 2.45) is 10.4 Å². The lowest BCUT2D eigenvalue weighted by Gasteiger charge is -2.24. The van der Waals surface area contributed by atoms with Crippen molar-refractivity contribution in [3.05, 3.63) is 148 Å². The van der Waals surface area contributed by atoms with Gasteiger partial charge in [-0.15, -0.1) is 34.0 Å². The standard InChI is InChI=1S/C43H19F4N5OS4/c1-42(2)22-13-30(52-35-32(28(15-49)51-6)18-10-24(45)26(47)12-20(18)37(35)54)43(3,4)33(22)39-34(42)40-41(57-39)38-29(56-40)8-16(55-38)7-21-31(27(14-48)50-5)17-9-23(44)25(46)11-19(17)36(21)53/h7-13H,1-4H3/b21-7+,31-27?,32-28+,52-35?. The molecule has 0 amide bonds. The van der Waals surface area contributed by atoms with Crippen LogP contribution in [0.3, 0.4) is 0 Å². The maximum absolute atomic E-state index is 14.5. The van der Waals surface area contributed by atoms with Crippen LogP contribution in [0.2, 0.25) is 0 Å². The van der Waals surface area contributed by atoms with E-state index in [0.29, 0.717) is 10.6 Å². The molecule has 3 aromatic heterocycles. The SMILES string of the molecule is [C-]#[N+]C(C#N)=C1/C(=C\c2cc3sc4c5c(sc4c3s2)C2=C(C=C(N=C3C(=S)c4cc(F)c(F)cc4/C3=C(/C#N)[N+]#[C-])C2(C)C)C5(C)C)C(=O)c2cc(F)c(F)cc21. The average molecular weight is 826 g/mol. The molecule has 2 aromatic carbocycles. The summed E-state index contributed by atoms with van der Waals surface area (Å²) in [5.74, 6) is -5.23. The number of carbonyl (C=O) groups is 1. The molecular formula is C43H19F4N5OS4. The van der Waals surface area contributed by atoms with Crippen molar-refractivity contribution in [1.82, 2.24) is 0 Å². The molecule has 0 spiro atoms. The number of ketones is 1. The first kappa shape index (κ1) is 36.5. The fraction of sp³-hybridized carbons (Fsp3) is 0.140. The molecule has 0 atom stereocenters. The second-order valence-electron chi connectivity index (χ2n) is 14.7. The van der Waals surface area contributed by atoms with Crippen LogP contribution < -0.4 is 0 Å². The zero-order chi connectivity index (χ0) is 40.6. The monoisotopic (exact) mass is 825 g/mol. The third kappa shape index (κ3) is 4.83. The first-order valence-corrected chi connectivity index (χ1v) is 19.8. The molecule has 6 nitrogen and oxygen atoms in total. The summed E-state index contributed by atoms with van der Waals surface area (Å²) in [5, 5.41) is 19.6. The lowest BCUT2D eigenvalue weighted by Crippen LogP contribution is -2.16. The summed E-state index contributed by atoms with van der Waals surface area (Å²) in [6.45, 7) is 23.5. The van der Waals surface area contributed by atoms with Gasteiger partial charge in [0.1, 0.15) is 0 Å². The van der Waals surface area contributed by atoms with E-state index in [1.807, 2.05) is 32.1 Å². The van der Waals surface area contributed by atoms with Crippen molar-refractivity contribution < 1.29 is 22.4 Å². The first-order valence-electron chi connectivity index (χ1n) is 17.0. The quantitative estimate of drug-likeness (QED) is 0.0583. The number of allylic oxidation sites excluding steroid dienone is 8. The third-order valence-electron chi connectivity index (χ3n) is 10.9. The van der Waals surface area contributed by atoms with E-state index in [1.165, 1.54) is 16.9 Å². The van der Waals surface area contributed by atoms with Crippen LogP contribution in [0.4, 0.5) is 17.6 Å². The van der Waals surface area contributed by atoms with Crippen LogP contribution >= 0.6 is 46.2 Å². The summed E-state index contributed by atoms with van der Waals surface area (Å²) in [4.78, 5) is 27.0. The van der Waals surface area contributed by atoms with E-state index in [-0.39, 0.29) is 55.2 Å². The number of nitrogens with zero attached hydrogens (tertiary/aromatic N) is 5. The van der Waals surface area contributed by atoms with E-state index >= 15 is 0 Å². The molecule has 4 aliphatic rings. The number of hydrogen-bond acceptors (Lipinski definition) is 8. The predicted octanol–water partition coefficient (Wildman–Crippen LogP) is 12.2. The topological polar surface area (TPSA) is 85.7 Å². The second kappa shape index (κ2) is 12.2. The Labute approximate surface area is 339 Å². The fourth-order valence-corrected chi connectivity index (χ4v) is 13.3. The third-order valence-corrected chi connectivity index (χ3v) is 15.2. The largest absolute Gasteiger partial charge is 0.289 e. The Morgan fingerprint density at radius 2 is 1.37 bits per heavy atom. The van der Waals surface area contributed by atoms with Crippen LogP contribution in [0.15, 0.2) is 69.6 Å². The number of rotatable bonds is 2. The minimum absolute atomic E-state index is 0.00275. The molecule has 5 aromatic rings. The number of Topliss-reactive ketones (excluding diaryl/α,β-unsaturated/α-hetero) is 1. The Kier molecular flexibility index (Phi) is 7.80. The maximum Gasteiger partial charge on any atom is 0.271 e. The average Bonchev–Trinajstić information content (AvgIpc) is 3.99. The molecule has 0 saturated heterocycles. The fourth-order valence-electron chi connectivity index (χ4n) is 8.20. The Morgan fingerprint density at radius 3 is 1.98 bits per heavy atom. The summed E-state index contributed by atoms with van der Waals surface area (Å²) < 4.78 is 61.5. The van der Waals surface area contributed by atoms with Crippen LogP contribution in [-0.4, -0.2) is 16.4 Å². The molecule has 0 radical (unpaired) electrons. The van der Waals surface area contributed by atoms with E-state index in [9.17, 15) is 32.9 Å². The molecule has 9 rings (SSSR count). The van der Waals surface area contributed by atoms with E-state index in [2.05, 4.69) is 23.5 Å². The van der Waals surface area contributed by atoms with Crippen molar-refractivity contribution in [2.75, 3.05) is 0 Å². The lowest BCUT2D eigenvalue weighted by atomic mass is 9.82. The van der Waals surface area contributed by atoms with Gasteiger partial charge in [0.2, 0.25) is 0 Å². The van der Waals surface area contributed by atoms with Crippen molar-refractivity contribution >= 4 is 104 Å². The van der Waals surface area contributed by atoms with Gasteiger partial charge in [-0.2, -0.15) is 0 Å². The minimum Gasteiger partial charge on any atom is -0.289 e. The van der Waals surface area contributed by atoms with E-state index in [0.717, 1.165) is 59.1 Å². The number of thiophene rings is 3. The van der Waals surface area contributed by atoms with Crippen molar-refractivity contribution in [2.45, 2.75) is 33.1 Å². The zero-order valence-electron chi connectivity index (χ0n) is 29.8. The number of aliphatic imine (C=N–C) groups is 1. The van der Waals surface area contributed by atoms with Crippen LogP contribution in [0.25, 0.3) is 51.3 Å². The molecule has 3 heterocycles. The molecule has 57 heavy (non-hydrogen) atoms. The van der Waals surface area contributed by atoms with Crippen molar-refractivity contribution in [3.63, 3.8) is 0 Å². The van der Waals surface area contributed by atoms with Gasteiger partial charge in [0.25, 0.3) is 11.4 Å². The summed E-state index contributed by atoms with van der Waals surface area (Å²) in [6.07, 6.45) is 3.58. The van der Waals surface area contributed by atoms with Crippen molar-refractivity contribution in [3.8, 4) is 12.1 Å². The summed E-state index contributed by atoms with van der Waals surface area (Å²) in [6, 6.07) is 9.17. The van der Waals surface area contributed by atoms with Gasteiger partial charge in [0.05, 0.1) is 55.7 Å². The van der Waals surface area contributed by atoms with Crippen molar-refractivity contribution in [1.29, 1.82) is 10.5 Å². The normalized spacial score (nSPS) is 20.4. The number of halogens is 4. The van der Waals surface area contributed by atoms with Crippen LogP contribution in [-0.2, 0) is 5.41 Å². The number of fused-ring (bicyclic) bond motifs is 8. The summed E-state index contributed by atoms with van der Waals surface area (Å²) >= 11 is 10.4. The maximum atomic E-state index is 14.5. The highest BCUT2D eigenvalue weighted by Gasteiger charge is 2.50. The molecule has 0 unspecified atom stereocenters. The lowest BCUT2D eigenvalue weighted by molar-refractivity contribution is 0.104. The second-order valence-corrected chi connectivity index (χ2v) is 18.2. The van der Waals surface area contributed by atoms with Gasteiger partial charge < -0.3 is 0 Å². The Balaban J connectivity index is 1.14. The van der Waals surface area contributed by atoms with Gasteiger partial charge in [0, 0.05) is 53.1 Å². The van der Waals surface area contributed by atoms with E-state index in [1.54, 1.807) is 34.8 Å². The summed E-state index contributed by atoms with van der Waals surface area (Å²) in [5.41, 5.74) is 2.41. The number of thiocarbonyl (C=S) groups is 1. The smallest absolute Gasteiger partial charge is 0.271 e. The van der Waals surface area contributed by atoms with Crippen LogP contribution in [0.5, 0.6) is 0 Å². The predicted molar refractivity (Wildman–Crippen MR) is 219 cm³/mol. The highest BCUT2D eigenvalue weighted by molar-refractivity contribution is 7.83. The molecule has 0 fully saturated rings. The molecular weight excluding hydrogens is 807 g/mol. The Hall–Kier alpha value is -6.13.